The summed E-state index contributed by atoms with van der Waals surface area (Å²) >= 11 is 7.78. The molecule has 5 heteroatoms. The van der Waals surface area contributed by atoms with Gasteiger partial charge in [0.1, 0.15) is 5.75 Å². The molecule has 1 heterocycles. The Bertz CT molecular complexity index is 516. The molecule has 1 atom stereocenters. The number of nitrogens with one attached hydrogen (secondary N) is 1. The van der Waals surface area contributed by atoms with Gasteiger partial charge in [0, 0.05) is 15.9 Å². The van der Waals surface area contributed by atoms with E-state index in [1.54, 1.807) is 18.4 Å². The molecule has 2 aromatic rings. The second kappa shape index (κ2) is 6.91. The number of benzene rings is 1. The van der Waals surface area contributed by atoms with Crippen molar-refractivity contribution in [2.45, 2.75) is 18.9 Å². The highest BCUT2D eigenvalue weighted by Gasteiger charge is 2.13. The Morgan fingerprint density at radius 1 is 1.37 bits per heavy atom. The van der Waals surface area contributed by atoms with E-state index in [9.17, 15) is 0 Å². The normalized spacial score (nSPS) is 12.4. The van der Waals surface area contributed by atoms with Gasteiger partial charge in [0.2, 0.25) is 0 Å². The molecule has 102 valence electrons. The molecule has 0 saturated heterocycles. The summed E-state index contributed by atoms with van der Waals surface area (Å²) < 4.78 is 5.36. The zero-order valence-corrected chi connectivity index (χ0v) is 12.3. The lowest BCUT2D eigenvalue weighted by Crippen LogP contribution is -2.38. The third-order valence-electron chi connectivity index (χ3n) is 2.97. The summed E-state index contributed by atoms with van der Waals surface area (Å²) in [4.78, 5) is 1.31. The van der Waals surface area contributed by atoms with Crippen molar-refractivity contribution < 1.29 is 4.74 Å². The van der Waals surface area contributed by atoms with Crippen LogP contribution < -0.4 is 16.0 Å². The van der Waals surface area contributed by atoms with E-state index in [1.807, 2.05) is 24.3 Å². The van der Waals surface area contributed by atoms with E-state index in [-0.39, 0.29) is 6.04 Å². The van der Waals surface area contributed by atoms with Crippen molar-refractivity contribution in [3.63, 3.8) is 0 Å². The third kappa shape index (κ3) is 3.94. The number of rotatable bonds is 6. The van der Waals surface area contributed by atoms with Crippen LogP contribution in [-0.4, -0.2) is 13.2 Å². The van der Waals surface area contributed by atoms with Crippen molar-refractivity contribution in [3.8, 4) is 5.75 Å². The maximum absolute atomic E-state index is 6.04. The van der Waals surface area contributed by atoms with Gasteiger partial charge in [-0.3, -0.25) is 11.3 Å². The van der Waals surface area contributed by atoms with Crippen molar-refractivity contribution in [1.29, 1.82) is 0 Å². The van der Waals surface area contributed by atoms with E-state index < -0.39 is 0 Å². The van der Waals surface area contributed by atoms with Crippen LogP contribution in [0.2, 0.25) is 5.02 Å². The number of thiophene rings is 1. The minimum absolute atomic E-state index is 0.158. The van der Waals surface area contributed by atoms with Gasteiger partial charge in [0.05, 0.1) is 7.11 Å². The van der Waals surface area contributed by atoms with Crippen LogP contribution in [0.5, 0.6) is 5.75 Å². The average molecular weight is 297 g/mol. The van der Waals surface area contributed by atoms with Crippen LogP contribution in [0.4, 0.5) is 0 Å². The first-order valence-corrected chi connectivity index (χ1v) is 7.29. The molecule has 0 aliphatic heterocycles. The maximum atomic E-state index is 6.04. The SMILES string of the molecule is COc1ccc(Cl)cc1CC(Cc1cccs1)NN. The third-order valence-corrected chi connectivity index (χ3v) is 4.11. The molecule has 19 heavy (non-hydrogen) atoms. The van der Waals surface area contributed by atoms with Gasteiger partial charge in [0.25, 0.3) is 0 Å². The molecular weight excluding hydrogens is 280 g/mol. The molecule has 3 N–H and O–H groups in total. The minimum atomic E-state index is 0.158. The van der Waals surface area contributed by atoms with Crippen molar-refractivity contribution in [3.05, 3.63) is 51.2 Å². The standard InChI is InChI=1S/C14H17ClN2OS/c1-18-14-5-4-11(15)7-10(14)8-12(17-16)9-13-3-2-6-19-13/h2-7,12,17H,8-9,16H2,1H3. The van der Waals surface area contributed by atoms with E-state index in [4.69, 9.17) is 22.2 Å². The van der Waals surface area contributed by atoms with Gasteiger partial charge < -0.3 is 4.74 Å². The Hall–Kier alpha value is -1.07. The lowest BCUT2D eigenvalue weighted by molar-refractivity contribution is 0.405. The lowest BCUT2D eigenvalue weighted by Gasteiger charge is -2.17. The summed E-state index contributed by atoms with van der Waals surface area (Å²) in [6.45, 7) is 0. The summed E-state index contributed by atoms with van der Waals surface area (Å²) in [5.74, 6) is 6.49. The zero-order valence-electron chi connectivity index (χ0n) is 10.7. The molecule has 1 aromatic heterocycles. The molecule has 0 saturated carbocycles. The Morgan fingerprint density at radius 2 is 2.21 bits per heavy atom. The first-order chi connectivity index (χ1) is 9.22. The van der Waals surface area contributed by atoms with Crippen LogP contribution in [0.15, 0.2) is 35.7 Å². The van der Waals surface area contributed by atoms with Gasteiger partial charge in [-0.05, 0) is 48.1 Å². The van der Waals surface area contributed by atoms with E-state index in [0.29, 0.717) is 5.02 Å². The highest BCUT2D eigenvalue weighted by Crippen LogP contribution is 2.24. The van der Waals surface area contributed by atoms with Crippen LogP contribution in [0.25, 0.3) is 0 Å². The summed E-state index contributed by atoms with van der Waals surface area (Å²) in [6.07, 6.45) is 1.67. The Balaban J connectivity index is 2.11. The molecule has 0 amide bonds. The van der Waals surface area contributed by atoms with E-state index in [1.165, 1.54) is 4.88 Å². The van der Waals surface area contributed by atoms with Crippen molar-refractivity contribution in [2.24, 2.45) is 5.84 Å². The quantitative estimate of drug-likeness (QED) is 0.636. The Kier molecular flexibility index (Phi) is 5.22. The average Bonchev–Trinajstić information content (AvgIpc) is 2.91. The number of hydrogen-bond acceptors (Lipinski definition) is 4. The van der Waals surface area contributed by atoms with Crippen molar-refractivity contribution in [1.82, 2.24) is 5.43 Å². The van der Waals surface area contributed by atoms with E-state index in [2.05, 4.69) is 16.9 Å². The molecule has 0 fully saturated rings. The predicted octanol–water partition coefficient (Wildman–Crippen LogP) is 3.03. The number of methoxy groups -OCH3 is 1. The molecule has 0 bridgehead atoms. The molecule has 0 radical (unpaired) electrons. The predicted molar refractivity (Wildman–Crippen MR) is 80.8 cm³/mol. The summed E-state index contributed by atoms with van der Waals surface area (Å²) in [6, 6.07) is 9.97. The molecule has 1 unspecified atom stereocenters. The number of nitrogens with two attached hydrogens (primary N) is 1. The second-order valence-corrected chi connectivity index (χ2v) is 5.78. The molecule has 0 spiro atoms. The van der Waals surface area contributed by atoms with Crippen LogP contribution in [0.3, 0.4) is 0 Å². The van der Waals surface area contributed by atoms with E-state index >= 15 is 0 Å². The maximum Gasteiger partial charge on any atom is 0.122 e. The number of ether oxygens (including phenoxy) is 1. The highest BCUT2D eigenvalue weighted by molar-refractivity contribution is 7.09. The summed E-state index contributed by atoms with van der Waals surface area (Å²) in [5, 5.41) is 2.78. The van der Waals surface area contributed by atoms with Gasteiger partial charge in [0.15, 0.2) is 0 Å². The van der Waals surface area contributed by atoms with Gasteiger partial charge >= 0.3 is 0 Å². The Morgan fingerprint density at radius 3 is 2.84 bits per heavy atom. The smallest absolute Gasteiger partial charge is 0.122 e. The molecule has 3 nitrogen and oxygen atoms in total. The summed E-state index contributed by atoms with van der Waals surface area (Å²) in [5.41, 5.74) is 3.93. The van der Waals surface area contributed by atoms with Crippen molar-refractivity contribution in [2.75, 3.05) is 7.11 Å². The first-order valence-electron chi connectivity index (χ1n) is 6.04. The van der Waals surface area contributed by atoms with Crippen LogP contribution in [0, 0.1) is 0 Å². The number of hydrazine groups is 1. The van der Waals surface area contributed by atoms with Crippen molar-refractivity contribution >= 4 is 22.9 Å². The van der Waals surface area contributed by atoms with Crippen LogP contribution >= 0.6 is 22.9 Å². The largest absolute Gasteiger partial charge is 0.496 e. The van der Waals surface area contributed by atoms with Gasteiger partial charge in [-0.15, -0.1) is 11.3 Å². The zero-order chi connectivity index (χ0) is 13.7. The second-order valence-electron chi connectivity index (χ2n) is 4.31. The molecule has 1 aromatic carbocycles. The summed E-state index contributed by atoms with van der Waals surface area (Å²) in [7, 11) is 1.66. The van der Waals surface area contributed by atoms with E-state index in [0.717, 1.165) is 24.2 Å². The molecule has 0 aliphatic rings. The fraction of sp³-hybridized carbons (Fsp3) is 0.286. The lowest BCUT2D eigenvalue weighted by atomic mass is 10.0. The Labute approximate surface area is 122 Å². The van der Waals surface area contributed by atoms with Gasteiger partial charge in [-0.25, -0.2) is 0 Å². The fourth-order valence-corrected chi connectivity index (χ4v) is 3.01. The molecule has 0 aliphatic carbocycles. The monoisotopic (exact) mass is 296 g/mol. The fourth-order valence-electron chi connectivity index (χ4n) is 2.03. The highest BCUT2D eigenvalue weighted by atomic mass is 35.5. The van der Waals surface area contributed by atoms with Gasteiger partial charge in [-0.2, -0.15) is 0 Å². The number of hydrogen-bond donors (Lipinski definition) is 2. The number of halogens is 1. The van der Waals surface area contributed by atoms with Crippen LogP contribution in [-0.2, 0) is 12.8 Å². The minimum Gasteiger partial charge on any atom is -0.496 e. The van der Waals surface area contributed by atoms with Crippen LogP contribution in [0.1, 0.15) is 10.4 Å². The topological polar surface area (TPSA) is 47.3 Å². The van der Waals surface area contributed by atoms with Gasteiger partial charge in [-0.1, -0.05) is 17.7 Å². The molecular formula is C14H17ClN2OS. The molecule has 2 rings (SSSR count). The first kappa shape index (κ1) is 14.3.